The maximum Gasteiger partial charge on any atom is 0.273 e. The highest BCUT2D eigenvalue weighted by Crippen LogP contribution is 2.27. The standard InChI is InChI=1S/C17H19ClN2OS/c1-20(14-5-3-2-4-6-14)17(21)15-11-22-16(19-15)12-7-9-13(18)10-8-12/h7-11,14H,2-6H2,1H3. The largest absolute Gasteiger partial charge is 0.337 e. The van der Waals surface area contributed by atoms with E-state index in [0.29, 0.717) is 16.8 Å². The van der Waals surface area contributed by atoms with Crippen LogP contribution >= 0.6 is 22.9 Å². The highest BCUT2D eigenvalue weighted by Gasteiger charge is 2.24. The quantitative estimate of drug-likeness (QED) is 0.802. The molecule has 0 saturated heterocycles. The van der Waals surface area contributed by atoms with E-state index < -0.39 is 0 Å². The summed E-state index contributed by atoms with van der Waals surface area (Å²) in [6, 6.07) is 7.91. The number of hydrogen-bond acceptors (Lipinski definition) is 3. The van der Waals surface area contributed by atoms with Crippen molar-refractivity contribution in [2.75, 3.05) is 7.05 Å². The number of carbonyl (C=O) groups excluding carboxylic acids is 1. The minimum Gasteiger partial charge on any atom is -0.337 e. The van der Waals surface area contributed by atoms with Crippen molar-refractivity contribution in [3.05, 3.63) is 40.4 Å². The number of aromatic nitrogens is 1. The monoisotopic (exact) mass is 334 g/mol. The van der Waals surface area contributed by atoms with Crippen LogP contribution in [-0.2, 0) is 0 Å². The average Bonchev–Trinajstić information content (AvgIpc) is 3.05. The van der Waals surface area contributed by atoms with E-state index in [0.717, 1.165) is 23.4 Å². The Morgan fingerprint density at radius 2 is 1.91 bits per heavy atom. The number of nitrogens with zero attached hydrogens (tertiary/aromatic N) is 2. The number of halogens is 1. The van der Waals surface area contributed by atoms with Gasteiger partial charge in [-0.25, -0.2) is 4.98 Å². The van der Waals surface area contributed by atoms with E-state index in [9.17, 15) is 4.79 Å². The molecule has 0 atom stereocenters. The lowest BCUT2D eigenvalue weighted by atomic mass is 9.94. The van der Waals surface area contributed by atoms with Gasteiger partial charge in [0.1, 0.15) is 10.7 Å². The summed E-state index contributed by atoms with van der Waals surface area (Å²) < 4.78 is 0. The van der Waals surface area contributed by atoms with Gasteiger partial charge in [0.25, 0.3) is 5.91 Å². The predicted octanol–water partition coefficient (Wildman–Crippen LogP) is 4.87. The van der Waals surface area contributed by atoms with E-state index in [4.69, 9.17) is 11.6 Å². The van der Waals surface area contributed by atoms with Crippen LogP contribution in [0, 0.1) is 0 Å². The van der Waals surface area contributed by atoms with Crippen LogP contribution < -0.4 is 0 Å². The minimum atomic E-state index is 0.0309. The lowest BCUT2D eigenvalue weighted by Crippen LogP contribution is -2.38. The van der Waals surface area contributed by atoms with Crippen LogP contribution in [0.25, 0.3) is 10.6 Å². The molecule has 0 radical (unpaired) electrons. The third-order valence-corrected chi connectivity index (χ3v) is 5.40. The van der Waals surface area contributed by atoms with Gasteiger partial charge in [-0.3, -0.25) is 4.79 Å². The van der Waals surface area contributed by atoms with Crippen LogP contribution in [-0.4, -0.2) is 28.9 Å². The SMILES string of the molecule is CN(C(=O)c1csc(-c2ccc(Cl)cc2)n1)C1CCCCC1. The van der Waals surface area contributed by atoms with E-state index in [1.165, 1.54) is 30.6 Å². The summed E-state index contributed by atoms with van der Waals surface area (Å²) in [6.45, 7) is 0. The number of thiazole rings is 1. The first kappa shape index (κ1) is 15.5. The molecule has 3 rings (SSSR count). The average molecular weight is 335 g/mol. The maximum absolute atomic E-state index is 12.6. The van der Waals surface area contributed by atoms with Crippen LogP contribution in [0.2, 0.25) is 5.02 Å². The van der Waals surface area contributed by atoms with Crippen molar-refractivity contribution >= 4 is 28.8 Å². The highest BCUT2D eigenvalue weighted by molar-refractivity contribution is 7.13. The van der Waals surface area contributed by atoms with E-state index in [1.807, 2.05) is 41.6 Å². The summed E-state index contributed by atoms with van der Waals surface area (Å²) in [5.41, 5.74) is 1.54. The van der Waals surface area contributed by atoms with Gasteiger partial charge in [0.05, 0.1) is 0 Å². The molecule has 1 amide bonds. The second kappa shape index (κ2) is 6.80. The van der Waals surface area contributed by atoms with Gasteiger partial charge in [0.15, 0.2) is 0 Å². The van der Waals surface area contributed by atoms with Gasteiger partial charge < -0.3 is 4.90 Å². The maximum atomic E-state index is 12.6. The van der Waals surface area contributed by atoms with Crippen molar-refractivity contribution in [2.24, 2.45) is 0 Å². The van der Waals surface area contributed by atoms with Gasteiger partial charge in [-0.2, -0.15) is 0 Å². The van der Waals surface area contributed by atoms with Gasteiger partial charge >= 0.3 is 0 Å². The lowest BCUT2D eigenvalue weighted by molar-refractivity contribution is 0.0691. The molecule has 3 nitrogen and oxygen atoms in total. The lowest BCUT2D eigenvalue weighted by Gasteiger charge is -2.30. The first-order valence-electron chi connectivity index (χ1n) is 7.64. The summed E-state index contributed by atoms with van der Waals surface area (Å²) in [7, 11) is 1.90. The Morgan fingerprint density at radius 1 is 1.23 bits per heavy atom. The Labute approximate surface area is 139 Å². The van der Waals surface area contributed by atoms with Gasteiger partial charge in [-0.15, -0.1) is 11.3 Å². The Hall–Kier alpha value is -1.39. The molecule has 0 aliphatic heterocycles. The summed E-state index contributed by atoms with van der Waals surface area (Å²) in [5, 5.41) is 3.41. The second-order valence-corrected chi connectivity index (χ2v) is 7.05. The topological polar surface area (TPSA) is 33.2 Å². The normalized spacial score (nSPS) is 15.7. The van der Waals surface area contributed by atoms with Crippen molar-refractivity contribution in [1.29, 1.82) is 0 Å². The van der Waals surface area contributed by atoms with Crippen LogP contribution in [0.5, 0.6) is 0 Å². The number of rotatable bonds is 3. The first-order chi connectivity index (χ1) is 10.6. The zero-order valence-electron chi connectivity index (χ0n) is 12.6. The molecule has 1 heterocycles. The fourth-order valence-corrected chi connectivity index (χ4v) is 3.84. The Balaban J connectivity index is 1.75. The number of benzene rings is 1. The number of carbonyl (C=O) groups is 1. The molecule has 0 unspecified atom stereocenters. The second-order valence-electron chi connectivity index (χ2n) is 5.75. The molecule has 22 heavy (non-hydrogen) atoms. The van der Waals surface area contributed by atoms with Crippen LogP contribution in [0.15, 0.2) is 29.6 Å². The summed E-state index contributed by atoms with van der Waals surface area (Å²) in [6.07, 6.45) is 5.94. The number of hydrogen-bond donors (Lipinski definition) is 0. The molecule has 1 aliphatic carbocycles. The molecule has 0 spiro atoms. The van der Waals surface area contributed by atoms with Crippen molar-refractivity contribution in [2.45, 2.75) is 38.1 Å². The zero-order chi connectivity index (χ0) is 15.5. The number of amides is 1. The van der Waals surface area contributed by atoms with Crippen LogP contribution in [0.4, 0.5) is 0 Å². The Bertz CT molecular complexity index is 647. The molecule has 2 aromatic rings. The molecule has 0 bridgehead atoms. The molecular formula is C17H19ClN2OS. The fraction of sp³-hybridized carbons (Fsp3) is 0.412. The Kier molecular flexibility index (Phi) is 4.79. The van der Waals surface area contributed by atoms with Gasteiger partial charge in [0.2, 0.25) is 0 Å². The predicted molar refractivity (Wildman–Crippen MR) is 91.5 cm³/mol. The summed E-state index contributed by atoms with van der Waals surface area (Å²) >= 11 is 7.40. The van der Waals surface area contributed by atoms with E-state index in [-0.39, 0.29) is 5.91 Å². The van der Waals surface area contributed by atoms with E-state index >= 15 is 0 Å². The smallest absolute Gasteiger partial charge is 0.273 e. The van der Waals surface area contributed by atoms with Crippen molar-refractivity contribution < 1.29 is 4.79 Å². The van der Waals surface area contributed by atoms with Gasteiger partial charge in [0, 0.05) is 29.1 Å². The molecule has 1 fully saturated rings. The molecule has 1 saturated carbocycles. The first-order valence-corrected chi connectivity index (χ1v) is 8.89. The summed E-state index contributed by atoms with van der Waals surface area (Å²) in [5.74, 6) is 0.0309. The highest BCUT2D eigenvalue weighted by atomic mass is 35.5. The van der Waals surface area contributed by atoms with Crippen LogP contribution in [0.3, 0.4) is 0 Å². The third kappa shape index (κ3) is 3.33. The molecule has 116 valence electrons. The third-order valence-electron chi connectivity index (χ3n) is 4.26. The van der Waals surface area contributed by atoms with E-state index in [2.05, 4.69) is 4.98 Å². The fourth-order valence-electron chi connectivity index (χ4n) is 2.91. The molecule has 1 aliphatic rings. The van der Waals surface area contributed by atoms with E-state index in [1.54, 1.807) is 0 Å². The Morgan fingerprint density at radius 3 is 2.59 bits per heavy atom. The van der Waals surface area contributed by atoms with Crippen LogP contribution in [0.1, 0.15) is 42.6 Å². The molecule has 1 aromatic carbocycles. The van der Waals surface area contributed by atoms with Crippen molar-refractivity contribution in [1.82, 2.24) is 9.88 Å². The summed E-state index contributed by atoms with van der Waals surface area (Å²) in [4.78, 5) is 19.0. The minimum absolute atomic E-state index is 0.0309. The van der Waals surface area contributed by atoms with Crippen molar-refractivity contribution in [3.8, 4) is 10.6 Å². The van der Waals surface area contributed by atoms with Crippen molar-refractivity contribution in [3.63, 3.8) is 0 Å². The zero-order valence-corrected chi connectivity index (χ0v) is 14.2. The van der Waals surface area contributed by atoms with Gasteiger partial charge in [-0.05, 0) is 25.0 Å². The molecular weight excluding hydrogens is 316 g/mol. The molecule has 1 aromatic heterocycles. The van der Waals surface area contributed by atoms with Gasteiger partial charge in [-0.1, -0.05) is 43.0 Å². The molecule has 0 N–H and O–H groups in total. The molecule has 5 heteroatoms.